The van der Waals surface area contributed by atoms with Crippen LogP contribution in [0, 0.1) is 5.41 Å². The van der Waals surface area contributed by atoms with Gasteiger partial charge in [-0.1, -0.05) is 0 Å². The number of aliphatic hydroxyl groups is 1. The summed E-state index contributed by atoms with van der Waals surface area (Å²) in [7, 11) is 2.09. The van der Waals surface area contributed by atoms with Crippen LogP contribution in [0.4, 0.5) is 5.82 Å². The second-order valence-electron chi connectivity index (χ2n) is 8.37. The van der Waals surface area contributed by atoms with E-state index < -0.39 is 0 Å². The number of halogens is 2. The molecule has 3 aliphatic rings. The predicted octanol–water partition coefficient (Wildman–Crippen LogP) is 1.25. The van der Waals surface area contributed by atoms with E-state index in [9.17, 15) is 9.90 Å². The summed E-state index contributed by atoms with van der Waals surface area (Å²) in [6.45, 7) is 6.84. The van der Waals surface area contributed by atoms with Gasteiger partial charge >= 0.3 is 0 Å². The van der Waals surface area contributed by atoms with Gasteiger partial charge in [-0.3, -0.25) is 4.79 Å². The van der Waals surface area contributed by atoms with E-state index in [1.165, 1.54) is 0 Å². The molecule has 0 saturated carbocycles. The van der Waals surface area contributed by atoms with Crippen molar-refractivity contribution in [2.45, 2.75) is 25.4 Å². The van der Waals surface area contributed by atoms with Gasteiger partial charge in [0.25, 0.3) is 5.91 Å². The molecular weight excluding hydrogens is 413 g/mol. The quantitative estimate of drug-likeness (QED) is 0.713. The molecule has 4 heterocycles. The zero-order chi connectivity index (χ0) is 18.9. The number of aliphatic hydroxyl groups excluding tert-OH is 1. The summed E-state index contributed by atoms with van der Waals surface area (Å²) in [4.78, 5) is 23.9. The van der Waals surface area contributed by atoms with Gasteiger partial charge in [-0.15, -0.1) is 24.8 Å². The SMILES string of the molecule is CN1CCN(C(=O)c2ccnc(N3CCC[C@]4(CNCC[C@@H]4O)C3)c2)CC1.Cl.Cl. The third-order valence-corrected chi connectivity index (χ3v) is 6.49. The molecule has 9 heteroatoms. The van der Waals surface area contributed by atoms with E-state index in [0.29, 0.717) is 5.56 Å². The van der Waals surface area contributed by atoms with E-state index >= 15 is 0 Å². The average molecular weight is 446 g/mol. The summed E-state index contributed by atoms with van der Waals surface area (Å²) >= 11 is 0. The molecule has 3 fully saturated rings. The van der Waals surface area contributed by atoms with E-state index in [-0.39, 0.29) is 42.2 Å². The van der Waals surface area contributed by atoms with Crippen LogP contribution in [-0.4, -0.2) is 91.3 Å². The highest BCUT2D eigenvalue weighted by molar-refractivity contribution is 5.95. The minimum absolute atomic E-state index is 0. The maximum absolute atomic E-state index is 12.9. The fourth-order valence-corrected chi connectivity index (χ4v) is 4.69. The molecule has 2 atom stereocenters. The van der Waals surface area contributed by atoms with Crippen molar-refractivity contribution in [3.05, 3.63) is 23.9 Å². The van der Waals surface area contributed by atoms with Crippen molar-refractivity contribution < 1.29 is 9.90 Å². The summed E-state index contributed by atoms with van der Waals surface area (Å²) in [5.41, 5.74) is 0.613. The number of amides is 1. The van der Waals surface area contributed by atoms with Crippen molar-refractivity contribution in [1.29, 1.82) is 0 Å². The number of carbonyl (C=O) groups excluding carboxylic acids is 1. The van der Waals surface area contributed by atoms with Gasteiger partial charge in [-0.05, 0) is 45.0 Å². The van der Waals surface area contributed by atoms with Gasteiger partial charge in [0.1, 0.15) is 5.82 Å². The number of likely N-dealkylation sites (N-methyl/N-ethyl adjacent to an activating group) is 1. The van der Waals surface area contributed by atoms with Crippen LogP contribution < -0.4 is 10.2 Å². The molecule has 4 rings (SSSR count). The number of piperidine rings is 2. The molecule has 0 aliphatic carbocycles. The number of hydrogen-bond acceptors (Lipinski definition) is 6. The number of piperazine rings is 1. The Balaban J connectivity index is 0.00000150. The summed E-state index contributed by atoms with van der Waals surface area (Å²) in [6.07, 6.45) is 4.37. The maximum Gasteiger partial charge on any atom is 0.254 e. The van der Waals surface area contributed by atoms with Crippen LogP contribution in [-0.2, 0) is 0 Å². The van der Waals surface area contributed by atoms with Crippen LogP contribution in [0.3, 0.4) is 0 Å². The van der Waals surface area contributed by atoms with Crippen LogP contribution in [0.15, 0.2) is 18.3 Å². The van der Waals surface area contributed by atoms with Gasteiger partial charge in [0.2, 0.25) is 0 Å². The Labute approximate surface area is 185 Å². The predicted molar refractivity (Wildman–Crippen MR) is 120 cm³/mol. The first-order valence-corrected chi connectivity index (χ1v) is 10.1. The monoisotopic (exact) mass is 445 g/mol. The molecule has 7 nitrogen and oxygen atoms in total. The lowest BCUT2D eigenvalue weighted by molar-refractivity contribution is -0.0102. The second-order valence-corrected chi connectivity index (χ2v) is 8.37. The fourth-order valence-electron chi connectivity index (χ4n) is 4.69. The normalized spacial score (nSPS) is 27.9. The van der Waals surface area contributed by atoms with Gasteiger partial charge in [0.05, 0.1) is 6.10 Å². The first-order chi connectivity index (χ1) is 13.1. The minimum atomic E-state index is -0.267. The Morgan fingerprint density at radius 1 is 1.24 bits per heavy atom. The van der Waals surface area contributed by atoms with E-state index in [0.717, 1.165) is 77.4 Å². The smallest absolute Gasteiger partial charge is 0.254 e. The van der Waals surface area contributed by atoms with Crippen LogP contribution >= 0.6 is 24.8 Å². The highest BCUT2D eigenvalue weighted by Crippen LogP contribution is 2.37. The van der Waals surface area contributed by atoms with Crippen LogP contribution in [0.2, 0.25) is 0 Å². The van der Waals surface area contributed by atoms with Crippen molar-refractivity contribution in [2.75, 3.05) is 64.3 Å². The molecule has 3 aliphatic heterocycles. The molecule has 0 aromatic carbocycles. The Bertz CT molecular complexity index is 683. The largest absolute Gasteiger partial charge is 0.392 e. The van der Waals surface area contributed by atoms with E-state index in [1.807, 2.05) is 17.0 Å². The Morgan fingerprint density at radius 3 is 2.72 bits per heavy atom. The molecule has 1 aromatic rings. The summed E-state index contributed by atoms with van der Waals surface area (Å²) < 4.78 is 0. The molecule has 164 valence electrons. The van der Waals surface area contributed by atoms with Gasteiger partial charge in [-0.2, -0.15) is 0 Å². The molecule has 0 unspecified atom stereocenters. The lowest BCUT2D eigenvalue weighted by atomic mass is 9.72. The highest BCUT2D eigenvalue weighted by atomic mass is 35.5. The third kappa shape index (κ3) is 5.14. The molecular formula is C20H33Cl2N5O2. The molecule has 1 amide bonds. The van der Waals surface area contributed by atoms with E-state index in [4.69, 9.17) is 0 Å². The van der Waals surface area contributed by atoms with Gasteiger partial charge in [-0.25, -0.2) is 4.98 Å². The number of anilines is 1. The fraction of sp³-hybridized carbons (Fsp3) is 0.700. The minimum Gasteiger partial charge on any atom is -0.392 e. The van der Waals surface area contributed by atoms with Crippen LogP contribution in [0.5, 0.6) is 0 Å². The average Bonchev–Trinajstić information content (AvgIpc) is 2.71. The number of nitrogens with one attached hydrogen (secondary N) is 1. The molecule has 2 N–H and O–H groups in total. The maximum atomic E-state index is 12.9. The zero-order valence-electron chi connectivity index (χ0n) is 17.0. The Kier molecular flexibility index (Phi) is 8.55. The van der Waals surface area contributed by atoms with Crippen LogP contribution in [0.1, 0.15) is 29.6 Å². The number of rotatable bonds is 2. The first kappa shape index (κ1) is 24.2. The van der Waals surface area contributed by atoms with Crippen molar-refractivity contribution in [3.63, 3.8) is 0 Å². The second kappa shape index (κ2) is 10.3. The van der Waals surface area contributed by atoms with Crippen molar-refractivity contribution >= 4 is 36.5 Å². The van der Waals surface area contributed by atoms with Gasteiger partial charge in [0, 0.05) is 63.0 Å². The van der Waals surface area contributed by atoms with Crippen LogP contribution in [0.25, 0.3) is 0 Å². The third-order valence-electron chi connectivity index (χ3n) is 6.49. The van der Waals surface area contributed by atoms with Gasteiger partial charge in [0.15, 0.2) is 0 Å². The Hall–Kier alpha value is -1.12. The number of carbonyl (C=O) groups is 1. The zero-order valence-corrected chi connectivity index (χ0v) is 18.7. The topological polar surface area (TPSA) is 71.9 Å². The first-order valence-electron chi connectivity index (χ1n) is 10.1. The number of hydrogen-bond donors (Lipinski definition) is 2. The lowest BCUT2D eigenvalue weighted by Crippen LogP contribution is -2.58. The van der Waals surface area contributed by atoms with Gasteiger partial charge < -0.3 is 25.1 Å². The number of pyridine rings is 1. The summed E-state index contributed by atoms with van der Waals surface area (Å²) in [5.74, 6) is 0.949. The molecule has 29 heavy (non-hydrogen) atoms. The van der Waals surface area contributed by atoms with E-state index in [2.05, 4.69) is 27.1 Å². The standard InChI is InChI=1S/C20H31N5O2.2ClH/c1-23-9-11-24(12-10-23)19(27)16-3-7-22-18(13-16)25-8-2-5-20(15-25)14-21-6-4-17(20)26;;/h3,7,13,17,21,26H,2,4-6,8-12,14-15H2,1H3;2*1H/t17-,20-;;/m0../s1. The lowest BCUT2D eigenvalue weighted by Gasteiger charge is -2.48. The van der Waals surface area contributed by atoms with Crippen molar-refractivity contribution in [1.82, 2.24) is 20.1 Å². The Morgan fingerprint density at radius 2 is 2.00 bits per heavy atom. The molecule has 1 spiro atoms. The summed E-state index contributed by atoms with van der Waals surface area (Å²) in [5, 5.41) is 14.1. The van der Waals surface area contributed by atoms with Crippen molar-refractivity contribution in [2.24, 2.45) is 5.41 Å². The number of nitrogens with zero attached hydrogens (tertiary/aromatic N) is 4. The van der Waals surface area contributed by atoms with E-state index in [1.54, 1.807) is 6.20 Å². The summed E-state index contributed by atoms with van der Waals surface area (Å²) in [6, 6.07) is 3.75. The molecule has 1 aromatic heterocycles. The highest BCUT2D eigenvalue weighted by Gasteiger charge is 2.43. The number of aromatic nitrogens is 1. The van der Waals surface area contributed by atoms with Crippen molar-refractivity contribution in [3.8, 4) is 0 Å². The molecule has 0 bridgehead atoms. The molecule has 0 radical (unpaired) electrons. The molecule has 3 saturated heterocycles.